The maximum atomic E-state index is 12.4. The highest BCUT2D eigenvalue weighted by atomic mass is 16.2. The minimum absolute atomic E-state index is 0.0572. The number of benzene rings is 2. The number of carbonyl (C=O) groups is 3. The van der Waals surface area contributed by atoms with Crippen molar-refractivity contribution in [3.05, 3.63) is 71.3 Å². The summed E-state index contributed by atoms with van der Waals surface area (Å²) in [6.45, 7) is 3.54. The molecule has 0 bridgehead atoms. The van der Waals surface area contributed by atoms with Gasteiger partial charge in [-0.2, -0.15) is 0 Å². The van der Waals surface area contributed by atoms with Gasteiger partial charge in [-0.3, -0.25) is 14.5 Å². The topological polar surface area (TPSA) is 66.5 Å². The molecule has 122 valence electrons. The second kappa shape index (κ2) is 5.92. The minimum Gasteiger partial charge on any atom is -0.324 e. The molecule has 0 radical (unpaired) electrons. The summed E-state index contributed by atoms with van der Waals surface area (Å²) in [4.78, 5) is 37.6. The molecule has 5 heteroatoms. The van der Waals surface area contributed by atoms with Gasteiger partial charge in [0.1, 0.15) is 5.54 Å². The standard InChI is InChI=1S/C19H18N2O3/c1-19(2)17(23)21(18(24)20-19)12-13-8-10-15(11-9-13)16(22)14-6-4-3-5-7-14/h3-11H,12H2,1-2H3,(H,20,24). The van der Waals surface area contributed by atoms with Gasteiger partial charge in [-0.15, -0.1) is 0 Å². The Morgan fingerprint density at radius 1 is 0.958 bits per heavy atom. The fraction of sp³-hybridized carbons (Fsp3) is 0.211. The van der Waals surface area contributed by atoms with E-state index in [1.165, 1.54) is 4.90 Å². The summed E-state index contributed by atoms with van der Waals surface area (Å²) < 4.78 is 0. The summed E-state index contributed by atoms with van der Waals surface area (Å²) in [5.41, 5.74) is 1.12. The molecule has 1 aliphatic heterocycles. The molecule has 0 aliphatic carbocycles. The minimum atomic E-state index is -0.875. The number of carbonyl (C=O) groups excluding carboxylic acids is 3. The maximum absolute atomic E-state index is 12.4. The third kappa shape index (κ3) is 2.93. The quantitative estimate of drug-likeness (QED) is 0.695. The Balaban J connectivity index is 1.75. The van der Waals surface area contributed by atoms with Gasteiger partial charge in [-0.05, 0) is 19.4 Å². The third-order valence-electron chi connectivity index (χ3n) is 4.04. The van der Waals surface area contributed by atoms with E-state index in [9.17, 15) is 14.4 Å². The van der Waals surface area contributed by atoms with Gasteiger partial charge < -0.3 is 5.32 Å². The number of nitrogens with one attached hydrogen (secondary N) is 1. The molecule has 0 spiro atoms. The van der Waals surface area contributed by atoms with Gasteiger partial charge in [0.25, 0.3) is 5.91 Å². The summed E-state index contributed by atoms with van der Waals surface area (Å²) in [5.74, 6) is -0.310. The molecular formula is C19H18N2O3. The van der Waals surface area contributed by atoms with Crippen molar-refractivity contribution in [3.63, 3.8) is 0 Å². The number of imide groups is 1. The Morgan fingerprint density at radius 2 is 1.54 bits per heavy atom. The van der Waals surface area contributed by atoms with Gasteiger partial charge in [-0.25, -0.2) is 4.79 Å². The zero-order valence-electron chi connectivity index (χ0n) is 13.6. The molecule has 1 fully saturated rings. The lowest BCUT2D eigenvalue weighted by molar-refractivity contribution is -0.130. The zero-order valence-corrected chi connectivity index (χ0v) is 13.6. The van der Waals surface area contributed by atoms with E-state index in [1.54, 1.807) is 50.2 Å². The van der Waals surface area contributed by atoms with Crippen molar-refractivity contribution in [2.45, 2.75) is 25.9 Å². The van der Waals surface area contributed by atoms with Crippen LogP contribution in [-0.2, 0) is 11.3 Å². The summed E-state index contributed by atoms with van der Waals surface area (Å²) in [6.07, 6.45) is 0. The molecule has 5 nitrogen and oxygen atoms in total. The van der Waals surface area contributed by atoms with Crippen molar-refractivity contribution in [1.29, 1.82) is 0 Å². The summed E-state index contributed by atoms with van der Waals surface area (Å²) in [6, 6.07) is 15.6. The van der Waals surface area contributed by atoms with Crippen molar-refractivity contribution < 1.29 is 14.4 Å². The van der Waals surface area contributed by atoms with E-state index < -0.39 is 11.6 Å². The fourth-order valence-electron chi connectivity index (χ4n) is 2.66. The van der Waals surface area contributed by atoms with Gasteiger partial charge >= 0.3 is 6.03 Å². The Labute approximate surface area is 140 Å². The van der Waals surface area contributed by atoms with Crippen molar-refractivity contribution >= 4 is 17.7 Å². The summed E-state index contributed by atoms with van der Waals surface area (Å²) in [7, 11) is 0. The molecule has 1 saturated heterocycles. The second-order valence-electron chi connectivity index (χ2n) is 6.34. The zero-order chi connectivity index (χ0) is 17.3. The van der Waals surface area contributed by atoms with Gasteiger partial charge in [0.05, 0.1) is 6.54 Å². The summed E-state index contributed by atoms with van der Waals surface area (Å²) in [5, 5.41) is 2.65. The highest BCUT2D eigenvalue weighted by molar-refractivity contribution is 6.09. The average molecular weight is 322 g/mol. The van der Waals surface area contributed by atoms with Gasteiger partial charge in [0.2, 0.25) is 0 Å². The van der Waals surface area contributed by atoms with Crippen LogP contribution in [0.25, 0.3) is 0 Å². The smallest absolute Gasteiger partial charge is 0.324 e. The third-order valence-corrected chi connectivity index (χ3v) is 4.04. The van der Waals surface area contributed by atoms with Crippen molar-refractivity contribution in [1.82, 2.24) is 10.2 Å². The SMILES string of the molecule is CC1(C)NC(=O)N(Cc2ccc(C(=O)c3ccccc3)cc2)C1=O. The first-order valence-corrected chi connectivity index (χ1v) is 7.71. The molecule has 0 aromatic heterocycles. The van der Waals surface area contributed by atoms with Crippen molar-refractivity contribution in [3.8, 4) is 0 Å². The van der Waals surface area contributed by atoms with Crippen LogP contribution in [0.5, 0.6) is 0 Å². The monoisotopic (exact) mass is 322 g/mol. The number of rotatable bonds is 4. The average Bonchev–Trinajstić information content (AvgIpc) is 2.77. The highest BCUT2D eigenvalue weighted by Gasteiger charge is 2.43. The lowest BCUT2D eigenvalue weighted by atomic mass is 10.0. The van der Waals surface area contributed by atoms with Crippen LogP contribution in [0.3, 0.4) is 0 Å². The Hall–Kier alpha value is -2.95. The summed E-state index contributed by atoms with van der Waals surface area (Å²) >= 11 is 0. The van der Waals surface area contributed by atoms with Gasteiger partial charge in [-0.1, -0.05) is 54.6 Å². The first kappa shape index (κ1) is 15.9. The second-order valence-corrected chi connectivity index (χ2v) is 6.34. The van der Waals surface area contributed by atoms with Gasteiger partial charge in [0.15, 0.2) is 5.78 Å². The Bertz CT molecular complexity index is 795. The number of hydrogen-bond donors (Lipinski definition) is 1. The number of urea groups is 1. The van der Waals surface area contributed by atoms with Crippen LogP contribution < -0.4 is 5.32 Å². The van der Waals surface area contributed by atoms with Crippen LogP contribution in [0.15, 0.2) is 54.6 Å². The van der Waals surface area contributed by atoms with E-state index in [1.807, 2.05) is 18.2 Å². The number of hydrogen-bond acceptors (Lipinski definition) is 3. The van der Waals surface area contributed by atoms with Crippen LogP contribution in [0.1, 0.15) is 35.3 Å². The normalized spacial score (nSPS) is 16.2. The number of ketones is 1. The van der Waals surface area contributed by atoms with Crippen LogP contribution in [-0.4, -0.2) is 28.2 Å². The van der Waals surface area contributed by atoms with E-state index in [-0.39, 0.29) is 18.2 Å². The lowest BCUT2D eigenvalue weighted by Gasteiger charge is -2.16. The van der Waals surface area contributed by atoms with Crippen molar-refractivity contribution in [2.24, 2.45) is 0 Å². The highest BCUT2D eigenvalue weighted by Crippen LogP contribution is 2.20. The van der Waals surface area contributed by atoms with Crippen LogP contribution in [0.4, 0.5) is 4.79 Å². The van der Waals surface area contributed by atoms with E-state index in [4.69, 9.17) is 0 Å². The van der Waals surface area contributed by atoms with Crippen LogP contribution in [0, 0.1) is 0 Å². The van der Waals surface area contributed by atoms with Crippen molar-refractivity contribution in [2.75, 3.05) is 0 Å². The first-order chi connectivity index (χ1) is 11.4. The van der Waals surface area contributed by atoms with E-state index in [0.29, 0.717) is 11.1 Å². The van der Waals surface area contributed by atoms with Crippen LogP contribution >= 0.6 is 0 Å². The van der Waals surface area contributed by atoms with Crippen LogP contribution in [0.2, 0.25) is 0 Å². The lowest BCUT2D eigenvalue weighted by Crippen LogP contribution is -2.40. The molecule has 2 aromatic carbocycles. The van der Waals surface area contributed by atoms with E-state index in [0.717, 1.165) is 5.56 Å². The van der Waals surface area contributed by atoms with E-state index >= 15 is 0 Å². The largest absolute Gasteiger partial charge is 0.325 e. The molecule has 3 rings (SSSR count). The molecule has 0 atom stereocenters. The fourth-order valence-corrected chi connectivity index (χ4v) is 2.66. The number of nitrogens with zero attached hydrogens (tertiary/aromatic N) is 1. The molecule has 0 unspecified atom stereocenters. The molecule has 1 N–H and O–H groups in total. The van der Waals surface area contributed by atoms with E-state index in [2.05, 4.69) is 5.32 Å². The maximum Gasteiger partial charge on any atom is 0.325 e. The predicted molar refractivity (Wildman–Crippen MR) is 89.5 cm³/mol. The molecule has 1 aliphatic rings. The molecular weight excluding hydrogens is 304 g/mol. The Morgan fingerprint density at radius 3 is 2.08 bits per heavy atom. The molecule has 24 heavy (non-hydrogen) atoms. The first-order valence-electron chi connectivity index (χ1n) is 7.71. The van der Waals surface area contributed by atoms with Gasteiger partial charge in [0, 0.05) is 11.1 Å². The Kier molecular flexibility index (Phi) is 3.93. The molecule has 2 aromatic rings. The molecule has 1 heterocycles. The predicted octanol–water partition coefficient (Wildman–Crippen LogP) is 2.75. The molecule has 0 saturated carbocycles. The molecule has 3 amide bonds. The number of amides is 3.